The highest BCUT2D eigenvalue weighted by Gasteiger charge is 2.20. The molecule has 0 saturated carbocycles. The Hall–Kier alpha value is -2.69. The zero-order chi connectivity index (χ0) is 18.5. The van der Waals surface area contributed by atoms with Gasteiger partial charge in [-0.15, -0.1) is 0 Å². The number of fused-ring (bicyclic) bond motifs is 1. The first-order valence-electron chi connectivity index (χ1n) is 9.44. The lowest BCUT2D eigenvalue weighted by molar-refractivity contribution is 0.0332. The lowest BCUT2D eigenvalue weighted by atomic mass is 10.0. The van der Waals surface area contributed by atoms with E-state index in [-0.39, 0.29) is 11.9 Å². The van der Waals surface area contributed by atoms with Gasteiger partial charge >= 0.3 is 0 Å². The summed E-state index contributed by atoms with van der Waals surface area (Å²) in [4.78, 5) is 15.3. The maximum absolute atomic E-state index is 13.0. The number of carbonyl (C=O) groups is 1. The minimum Gasteiger partial charge on any atom is -0.379 e. The van der Waals surface area contributed by atoms with Crippen molar-refractivity contribution in [2.45, 2.75) is 6.04 Å². The molecule has 4 heteroatoms. The van der Waals surface area contributed by atoms with Crippen LogP contribution in [0.15, 0.2) is 72.8 Å². The minimum absolute atomic E-state index is 0.0390. The van der Waals surface area contributed by atoms with Gasteiger partial charge in [-0.05, 0) is 28.5 Å². The first-order valence-corrected chi connectivity index (χ1v) is 9.44. The lowest BCUT2D eigenvalue weighted by Crippen LogP contribution is -2.43. The summed E-state index contributed by atoms with van der Waals surface area (Å²) in [6.07, 6.45) is 0. The molecule has 3 aromatic rings. The molecule has 0 bridgehead atoms. The van der Waals surface area contributed by atoms with Crippen molar-refractivity contribution in [1.29, 1.82) is 0 Å². The largest absolute Gasteiger partial charge is 0.379 e. The molecule has 0 aliphatic carbocycles. The Labute approximate surface area is 159 Å². The summed E-state index contributed by atoms with van der Waals surface area (Å²) >= 11 is 0. The van der Waals surface area contributed by atoms with E-state index in [1.165, 1.54) is 0 Å². The molecule has 27 heavy (non-hydrogen) atoms. The second-order valence-electron chi connectivity index (χ2n) is 6.91. The SMILES string of the molecule is O=C(NC(CN1CCOCC1)c1ccccc1)c1ccc2ccccc2c1. The van der Waals surface area contributed by atoms with Crippen LogP contribution in [0.1, 0.15) is 22.0 Å². The summed E-state index contributed by atoms with van der Waals surface area (Å²) < 4.78 is 5.45. The third-order valence-corrected chi connectivity index (χ3v) is 5.06. The number of benzene rings is 3. The number of hydrogen-bond donors (Lipinski definition) is 1. The fourth-order valence-electron chi connectivity index (χ4n) is 3.53. The van der Waals surface area contributed by atoms with E-state index in [0.29, 0.717) is 5.56 Å². The minimum atomic E-state index is -0.0525. The van der Waals surface area contributed by atoms with Gasteiger partial charge in [-0.1, -0.05) is 60.7 Å². The molecular weight excluding hydrogens is 336 g/mol. The summed E-state index contributed by atoms with van der Waals surface area (Å²) in [5, 5.41) is 5.46. The Balaban J connectivity index is 1.54. The zero-order valence-corrected chi connectivity index (χ0v) is 15.3. The summed E-state index contributed by atoms with van der Waals surface area (Å²) in [5.74, 6) is -0.0390. The average molecular weight is 360 g/mol. The predicted molar refractivity (Wildman–Crippen MR) is 108 cm³/mol. The van der Waals surface area contributed by atoms with Gasteiger partial charge in [0.05, 0.1) is 19.3 Å². The van der Waals surface area contributed by atoms with E-state index in [0.717, 1.165) is 49.2 Å². The van der Waals surface area contributed by atoms with Crippen LogP contribution >= 0.6 is 0 Å². The second-order valence-corrected chi connectivity index (χ2v) is 6.91. The topological polar surface area (TPSA) is 41.6 Å². The Morgan fingerprint density at radius 3 is 2.41 bits per heavy atom. The van der Waals surface area contributed by atoms with Gasteiger partial charge in [0.25, 0.3) is 5.91 Å². The standard InChI is InChI=1S/C23H24N2O2/c26-23(21-11-10-18-6-4-5-9-20(18)16-21)24-22(19-7-2-1-3-8-19)17-25-12-14-27-15-13-25/h1-11,16,22H,12-15,17H2,(H,24,26). The maximum Gasteiger partial charge on any atom is 0.251 e. The van der Waals surface area contributed by atoms with E-state index in [2.05, 4.69) is 28.4 Å². The number of morpholine rings is 1. The van der Waals surface area contributed by atoms with Crippen LogP contribution in [0.25, 0.3) is 10.8 Å². The summed E-state index contributed by atoms with van der Waals surface area (Å²) in [6, 6.07) is 24.1. The molecule has 0 aromatic heterocycles. The highest BCUT2D eigenvalue weighted by molar-refractivity contribution is 5.98. The van der Waals surface area contributed by atoms with Crippen LogP contribution in [0, 0.1) is 0 Å². The number of nitrogens with zero attached hydrogens (tertiary/aromatic N) is 1. The lowest BCUT2D eigenvalue weighted by Gasteiger charge is -2.31. The van der Waals surface area contributed by atoms with Gasteiger partial charge in [-0.25, -0.2) is 0 Å². The van der Waals surface area contributed by atoms with Crippen molar-refractivity contribution in [3.05, 3.63) is 83.9 Å². The number of carbonyl (C=O) groups excluding carboxylic acids is 1. The van der Waals surface area contributed by atoms with E-state index < -0.39 is 0 Å². The van der Waals surface area contributed by atoms with Crippen molar-refractivity contribution >= 4 is 16.7 Å². The van der Waals surface area contributed by atoms with Crippen molar-refractivity contribution in [3.8, 4) is 0 Å². The zero-order valence-electron chi connectivity index (χ0n) is 15.3. The molecule has 1 aliphatic heterocycles. The van der Waals surface area contributed by atoms with Gasteiger partial charge in [0.15, 0.2) is 0 Å². The highest BCUT2D eigenvalue weighted by atomic mass is 16.5. The third-order valence-electron chi connectivity index (χ3n) is 5.06. The van der Waals surface area contributed by atoms with Crippen molar-refractivity contribution in [1.82, 2.24) is 10.2 Å². The number of ether oxygens (including phenoxy) is 1. The molecule has 0 spiro atoms. The van der Waals surface area contributed by atoms with E-state index in [1.807, 2.05) is 54.6 Å². The van der Waals surface area contributed by atoms with Crippen LogP contribution in [0.4, 0.5) is 0 Å². The van der Waals surface area contributed by atoms with Crippen LogP contribution < -0.4 is 5.32 Å². The molecule has 0 radical (unpaired) electrons. The highest BCUT2D eigenvalue weighted by Crippen LogP contribution is 2.19. The quantitative estimate of drug-likeness (QED) is 0.755. The smallest absolute Gasteiger partial charge is 0.251 e. The fourth-order valence-corrected chi connectivity index (χ4v) is 3.53. The Bertz CT molecular complexity index is 904. The van der Waals surface area contributed by atoms with E-state index in [1.54, 1.807) is 0 Å². The van der Waals surface area contributed by atoms with E-state index in [9.17, 15) is 4.79 Å². The van der Waals surface area contributed by atoms with Crippen LogP contribution in [0.5, 0.6) is 0 Å². The molecule has 3 aromatic carbocycles. The Morgan fingerprint density at radius 2 is 1.63 bits per heavy atom. The molecule has 138 valence electrons. The molecular formula is C23H24N2O2. The second kappa shape index (κ2) is 8.33. The molecule has 1 saturated heterocycles. The maximum atomic E-state index is 13.0. The van der Waals surface area contributed by atoms with Crippen LogP contribution in [0.3, 0.4) is 0 Å². The monoisotopic (exact) mass is 360 g/mol. The molecule has 1 unspecified atom stereocenters. The van der Waals surface area contributed by atoms with Crippen molar-refractivity contribution in [2.24, 2.45) is 0 Å². The normalized spacial score (nSPS) is 16.1. The van der Waals surface area contributed by atoms with Crippen molar-refractivity contribution in [3.63, 3.8) is 0 Å². The molecule has 1 fully saturated rings. The summed E-state index contributed by atoms with van der Waals surface area (Å²) in [5.41, 5.74) is 1.81. The van der Waals surface area contributed by atoms with Crippen molar-refractivity contribution < 1.29 is 9.53 Å². The molecule has 4 nitrogen and oxygen atoms in total. The van der Waals surface area contributed by atoms with Gasteiger partial charge in [-0.3, -0.25) is 9.69 Å². The first-order chi connectivity index (χ1) is 13.3. The molecule has 4 rings (SSSR count). The van der Waals surface area contributed by atoms with Gasteiger partial charge in [0, 0.05) is 25.2 Å². The number of nitrogens with one attached hydrogen (secondary N) is 1. The molecule has 1 N–H and O–H groups in total. The van der Waals surface area contributed by atoms with Gasteiger partial charge in [0.1, 0.15) is 0 Å². The van der Waals surface area contributed by atoms with Crippen LogP contribution in [-0.4, -0.2) is 43.7 Å². The number of hydrogen-bond acceptors (Lipinski definition) is 3. The molecule has 1 amide bonds. The number of amides is 1. The molecule has 1 aliphatic rings. The third kappa shape index (κ3) is 4.35. The predicted octanol–water partition coefficient (Wildman–Crippen LogP) is 3.64. The van der Waals surface area contributed by atoms with Crippen LogP contribution in [-0.2, 0) is 4.74 Å². The van der Waals surface area contributed by atoms with E-state index in [4.69, 9.17) is 4.74 Å². The molecule has 1 atom stereocenters. The van der Waals surface area contributed by atoms with Gasteiger partial charge in [0.2, 0.25) is 0 Å². The van der Waals surface area contributed by atoms with E-state index >= 15 is 0 Å². The molecule has 1 heterocycles. The summed E-state index contributed by atoms with van der Waals surface area (Å²) in [6.45, 7) is 4.08. The number of rotatable bonds is 5. The fraction of sp³-hybridized carbons (Fsp3) is 0.261. The Kier molecular flexibility index (Phi) is 5.47. The van der Waals surface area contributed by atoms with Gasteiger partial charge < -0.3 is 10.1 Å². The van der Waals surface area contributed by atoms with Gasteiger partial charge in [-0.2, -0.15) is 0 Å². The average Bonchev–Trinajstić information content (AvgIpc) is 2.74. The van der Waals surface area contributed by atoms with Crippen LogP contribution in [0.2, 0.25) is 0 Å². The van der Waals surface area contributed by atoms with Crippen molar-refractivity contribution in [2.75, 3.05) is 32.8 Å². The first kappa shape index (κ1) is 17.7. The Morgan fingerprint density at radius 1 is 0.926 bits per heavy atom. The summed E-state index contributed by atoms with van der Waals surface area (Å²) in [7, 11) is 0.